The zero-order chi connectivity index (χ0) is 24.0. The average molecular weight is 529 g/mol. The van der Waals surface area contributed by atoms with Gasteiger partial charge in [0.2, 0.25) is 0 Å². The number of nitrogens with one attached hydrogen (secondary N) is 1. The number of aliphatic imine (C=N–C) groups is 1. The number of halogens is 1. The molecule has 0 saturated carbocycles. The summed E-state index contributed by atoms with van der Waals surface area (Å²) in [5.74, 6) is 2.67. The summed E-state index contributed by atoms with van der Waals surface area (Å²) in [5.41, 5.74) is 1.64. The first-order valence-electron chi connectivity index (χ1n) is 9.85. The maximum atomic E-state index is 12.5. The fraction of sp³-hybridized carbons (Fsp3) is 0.208. The number of hydrogen-bond acceptors (Lipinski definition) is 7. The minimum absolute atomic E-state index is 0.101. The van der Waals surface area contributed by atoms with Crippen LogP contribution in [0, 0.1) is 12.3 Å². The lowest BCUT2D eigenvalue weighted by Gasteiger charge is -2.12. The molecule has 0 unspecified atom stereocenters. The Morgan fingerprint density at radius 2 is 2.12 bits per heavy atom. The van der Waals surface area contributed by atoms with Gasteiger partial charge in [-0.3, -0.25) is 4.79 Å². The lowest BCUT2D eigenvalue weighted by Crippen LogP contribution is -2.19. The van der Waals surface area contributed by atoms with E-state index in [4.69, 9.17) is 20.6 Å². The second-order valence-electron chi connectivity index (χ2n) is 7.01. The normalized spacial score (nSPS) is 15.5. The molecule has 0 spiro atoms. The number of ether oxygens (including phenoxy) is 3. The molecule has 0 aliphatic carbocycles. The third kappa shape index (κ3) is 6.40. The Morgan fingerprint density at radius 3 is 2.82 bits per heavy atom. The molecule has 9 heteroatoms. The minimum atomic E-state index is -0.426. The number of carbonyl (C=O) groups excluding carboxylic acids is 2. The van der Waals surface area contributed by atoms with Crippen LogP contribution in [0.25, 0.3) is 6.08 Å². The van der Waals surface area contributed by atoms with Gasteiger partial charge in [-0.05, 0) is 83.5 Å². The van der Waals surface area contributed by atoms with Crippen molar-refractivity contribution in [3.63, 3.8) is 0 Å². The van der Waals surface area contributed by atoms with E-state index in [1.807, 2.05) is 0 Å². The number of terminal acetylenes is 1. The Bertz CT molecular complexity index is 1180. The zero-order valence-corrected chi connectivity index (χ0v) is 20.6. The molecular formula is C24H21BrN2O5S. The van der Waals surface area contributed by atoms with Gasteiger partial charge >= 0.3 is 5.97 Å². The van der Waals surface area contributed by atoms with Gasteiger partial charge in [0.05, 0.1) is 33.8 Å². The van der Waals surface area contributed by atoms with E-state index in [9.17, 15) is 9.59 Å². The highest BCUT2D eigenvalue weighted by Crippen LogP contribution is 2.38. The molecule has 3 rings (SSSR count). The van der Waals surface area contributed by atoms with Crippen LogP contribution in [-0.4, -0.2) is 36.9 Å². The first kappa shape index (κ1) is 24.4. The van der Waals surface area contributed by atoms with Crippen molar-refractivity contribution in [1.29, 1.82) is 0 Å². The standard InChI is InChI=1S/C24H21BrN2O5S/c1-5-9-31-21-18(25)10-15(11-19(21)30-4)12-20-22(28)27-24(33-20)26-17-8-6-7-16(13-17)23(29)32-14(2)3/h1,6-8,10-14H,9H2,2-4H3,(H,26,27,28)/b20-12-. The molecule has 1 saturated heterocycles. The van der Waals surface area contributed by atoms with Gasteiger partial charge in [-0.25, -0.2) is 9.79 Å². The lowest BCUT2D eigenvalue weighted by atomic mass is 10.2. The van der Waals surface area contributed by atoms with Gasteiger partial charge in [0.15, 0.2) is 16.7 Å². The third-order valence-corrected chi connectivity index (χ3v) is 5.65. The number of rotatable bonds is 7. The maximum Gasteiger partial charge on any atom is 0.338 e. The second kappa shape index (κ2) is 11.1. The van der Waals surface area contributed by atoms with E-state index in [-0.39, 0.29) is 18.6 Å². The van der Waals surface area contributed by atoms with Crippen LogP contribution in [-0.2, 0) is 9.53 Å². The molecule has 1 aliphatic rings. The number of thioether (sulfide) groups is 1. The quantitative estimate of drug-likeness (QED) is 0.311. The van der Waals surface area contributed by atoms with Gasteiger partial charge in [-0.15, -0.1) is 6.42 Å². The predicted octanol–water partition coefficient (Wildman–Crippen LogP) is 4.93. The zero-order valence-electron chi connectivity index (χ0n) is 18.2. The van der Waals surface area contributed by atoms with Crippen molar-refractivity contribution in [1.82, 2.24) is 5.32 Å². The number of amides is 1. The molecule has 0 bridgehead atoms. The van der Waals surface area contributed by atoms with Crippen LogP contribution >= 0.6 is 27.7 Å². The second-order valence-corrected chi connectivity index (χ2v) is 8.90. The number of benzene rings is 2. The van der Waals surface area contributed by atoms with E-state index < -0.39 is 5.97 Å². The van der Waals surface area contributed by atoms with Crippen LogP contribution in [0.15, 0.2) is 50.8 Å². The van der Waals surface area contributed by atoms with E-state index in [0.29, 0.717) is 37.3 Å². The average Bonchev–Trinajstić information content (AvgIpc) is 3.10. The molecular weight excluding hydrogens is 508 g/mol. The molecule has 1 N–H and O–H groups in total. The first-order chi connectivity index (χ1) is 15.8. The van der Waals surface area contributed by atoms with Gasteiger partial charge in [-0.2, -0.15) is 0 Å². The molecule has 2 aromatic rings. The van der Waals surface area contributed by atoms with Crippen molar-refractivity contribution in [2.45, 2.75) is 20.0 Å². The molecule has 33 heavy (non-hydrogen) atoms. The number of carbonyl (C=O) groups is 2. The fourth-order valence-electron chi connectivity index (χ4n) is 2.81. The number of methoxy groups -OCH3 is 1. The summed E-state index contributed by atoms with van der Waals surface area (Å²) in [5, 5.41) is 3.14. The van der Waals surface area contributed by atoms with Crippen LogP contribution in [0.3, 0.4) is 0 Å². The highest BCUT2D eigenvalue weighted by atomic mass is 79.9. The molecule has 170 valence electrons. The molecule has 1 aliphatic heterocycles. The third-order valence-electron chi connectivity index (χ3n) is 4.16. The monoisotopic (exact) mass is 528 g/mol. The Labute approximate surface area is 204 Å². The molecule has 0 atom stereocenters. The van der Waals surface area contributed by atoms with E-state index in [0.717, 1.165) is 5.56 Å². The molecule has 1 fully saturated rings. The molecule has 1 heterocycles. The molecule has 0 aromatic heterocycles. The van der Waals surface area contributed by atoms with Crippen LogP contribution in [0.2, 0.25) is 0 Å². The Balaban J connectivity index is 1.82. The smallest absolute Gasteiger partial charge is 0.338 e. The van der Waals surface area contributed by atoms with E-state index in [1.54, 1.807) is 56.3 Å². The van der Waals surface area contributed by atoms with Crippen LogP contribution in [0.1, 0.15) is 29.8 Å². The van der Waals surface area contributed by atoms with Gasteiger partial charge in [0, 0.05) is 0 Å². The van der Waals surface area contributed by atoms with E-state index >= 15 is 0 Å². The van der Waals surface area contributed by atoms with Gasteiger partial charge in [-0.1, -0.05) is 12.0 Å². The number of esters is 1. The van der Waals surface area contributed by atoms with Crippen LogP contribution in [0.4, 0.5) is 5.69 Å². The van der Waals surface area contributed by atoms with Gasteiger partial charge < -0.3 is 19.5 Å². The summed E-state index contributed by atoms with van der Waals surface area (Å²) < 4.78 is 16.8. The van der Waals surface area contributed by atoms with Gasteiger partial charge in [0.1, 0.15) is 6.61 Å². The Kier molecular flexibility index (Phi) is 8.20. The van der Waals surface area contributed by atoms with Crippen molar-refractivity contribution in [3.8, 4) is 23.8 Å². The summed E-state index contributed by atoms with van der Waals surface area (Å²) in [7, 11) is 1.52. The summed E-state index contributed by atoms with van der Waals surface area (Å²) in [4.78, 5) is 29.5. The number of hydrogen-bond donors (Lipinski definition) is 1. The van der Waals surface area contributed by atoms with E-state index in [2.05, 4.69) is 32.2 Å². The number of amidine groups is 1. The van der Waals surface area contributed by atoms with Crippen molar-refractivity contribution in [2.24, 2.45) is 4.99 Å². The molecule has 1 amide bonds. The summed E-state index contributed by atoms with van der Waals surface area (Å²) in [6, 6.07) is 10.3. The van der Waals surface area contributed by atoms with E-state index in [1.165, 1.54) is 18.9 Å². The summed E-state index contributed by atoms with van der Waals surface area (Å²) >= 11 is 4.64. The minimum Gasteiger partial charge on any atom is -0.493 e. The predicted molar refractivity (Wildman–Crippen MR) is 133 cm³/mol. The molecule has 7 nitrogen and oxygen atoms in total. The summed E-state index contributed by atoms with van der Waals surface area (Å²) in [6.45, 7) is 3.67. The SMILES string of the molecule is C#CCOc1c(Br)cc(/C=C2\SC(=Nc3cccc(C(=O)OC(C)C)c3)NC2=O)cc1OC. The van der Waals surface area contributed by atoms with Crippen LogP contribution in [0.5, 0.6) is 11.5 Å². The summed E-state index contributed by atoms with van der Waals surface area (Å²) in [6.07, 6.45) is 6.76. The van der Waals surface area contributed by atoms with Crippen molar-refractivity contribution < 1.29 is 23.8 Å². The highest BCUT2D eigenvalue weighted by Gasteiger charge is 2.24. The van der Waals surface area contributed by atoms with Crippen molar-refractivity contribution in [3.05, 3.63) is 56.9 Å². The maximum absolute atomic E-state index is 12.5. The molecule has 0 radical (unpaired) electrons. The van der Waals surface area contributed by atoms with Crippen molar-refractivity contribution >= 4 is 56.5 Å². The highest BCUT2D eigenvalue weighted by molar-refractivity contribution is 9.10. The Morgan fingerprint density at radius 1 is 1.33 bits per heavy atom. The largest absolute Gasteiger partial charge is 0.493 e. The van der Waals surface area contributed by atoms with Crippen LogP contribution < -0.4 is 14.8 Å². The molecule has 2 aromatic carbocycles. The number of nitrogens with zero attached hydrogens (tertiary/aromatic N) is 1. The Hall–Kier alpha value is -3.22. The first-order valence-corrected chi connectivity index (χ1v) is 11.5. The van der Waals surface area contributed by atoms with Gasteiger partial charge in [0.25, 0.3) is 5.91 Å². The lowest BCUT2D eigenvalue weighted by molar-refractivity contribution is -0.115. The topological polar surface area (TPSA) is 86.2 Å². The fourth-order valence-corrected chi connectivity index (χ4v) is 4.23. The van der Waals surface area contributed by atoms with Crippen molar-refractivity contribution in [2.75, 3.05) is 13.7 Å².